The number of hydrogen-bond acceptors (Lipinski definition) is 7. The first kappa shape index (κ1) is 37.6. The molecular weight excluding hydrogens is 686 g/mol. The van der Waals surface area contributed by atoms with Crippen molar-refractivity contribution in [2.24, 2.45) is 0 Å². The molecule has 9 heteroatoms. The number of hydrogen-bond donors (Lipinski definition) is 1. The van der Waals surface area contributed by atoms with Crippen LogP contribution in [0.3, 0.4) is 0 Å². The quantitative estimate of drug-likeness (QED) is 0.165. The van der Waals surface area contributed by atoms with Crippen LogP contribution in [0, 0.1) is 0 Å². The molecule has 0 saturated carbocycles. The van der Waals surface area contributed by atoms with Gasteiger partial charge in [0.1, 0.15) is 24.4 Å². The van der Waals surface area contributed by atoms with Gasteiger partial charge in [0.25, 0.3) is 0 Å². The van der Waals surface area contributed by atoms with Crippen LogP contribution in [0.5, 0.6) is 23.0 Å². The lowest BCUT2D eigenvalue weighted by Crippen LogP contribution is -2.61. The summed E-state index contributed by atoms with van der Waals surface area (Å²) < 4.78 is 28.8. The zero-order valence-electron chi connectivity index (χ0n) is 29.5. The molecule has 0 radical (unpaired) electrons. The lowest BCUT2D eigenvalue weighted by Gasteiger charge is -2.46. The van der Waals surface area contributed by atoms with Crippen LogP contribution < -0.4 is 18.9 Å². The molecule has 0 spiro atoms. The first-order chi connectivity index (χ1) is 23.4. The smallest absolute Gasteiger partial charge is 0.410 e. The number of carbonyl (C=O) groups excluding carboxylic acids is 1. The third-order valence-corrected chi connectivity index (χ3v) is 8.53. The first-order valence-corrected chi connectivity index (χ1v) is 17.3. The molecule has 1 aliphatic rings. The predicted octanol–water partition coefficient (Wildman–Crippen LogP) is 8.87. The first-order valence-electron chi connectivity index (χ1n) is 16.5. The van der Waals surface area contributed by atoms with Crippen molar-refractivity contribution >= 4 is 22.0 Å². The van der Waals surface area contributed by atoms with Crippen molar-refractivity contribution < 1.29 is 33.6 Å². The molecule has 1 fully saturated rings. The van der Waals surface area contributed by atoms with Crippen LogP contribution in [0.25, 0.3) is 0 Å². The van der Waals surface area contributed by atoms with Gasteiger partial charge in [-0.25, -0.2) is 4.79 Å². The highest BCUT2D eigenvalue weighted by Gasteiger charge is 2.46. The minimum Gasteiger partial charge on any atom is -0.493 e. The number of likely N-dealkylation sites (tertiary alicyclic amines) is 1. The maximum atomic E-state index is 12.1. The van der Waals surface area contributed by atoms with Crippen LogP contribution in [-0.4, -0.2) is 49.0 Å². The van der Waals surface area contributed by atoms with E-state index in [1.807, 2.05) is 45.0 Å². The molecule has 1 saturated heterocycles. The molecular formula is C40H48BrNO7. The summed E-state index contributed by atoms with van der Waals surface area (Å²) in [4.78, 5) is 13.6. The van der Waals surface area contributed by atoms with E-state index in [2.05, 4.69) is 78.3 Å². The average molecular weight is 735 g/mol. The predicted molar refractivity (Wildman–Crippen MR) is 196 cm³/mol. The van der Waals surface area contributed by atoms with Gasteiger partial charge in [0.05, 0.1) is 27.3 Å². The molecule has 0 bridgehead atoms. The summed E-state index contributed by atoms with van der Waals surface area (Å²) in [5.74, 6) is 2.64. The molecule has 5 rings (SSSR count). The largest absolute Gasteiger partial charge is 0.493 e. The molecule has 49 heavy (non-hydrogen) atoms. The second-order valence-electron chi connectivity index (χ2n) is 12.9. The maximum absolute atomic E-state index is 12.1. The van der Waals surface area contributed by atoms with E-state index in [9.17, 15) is 9.90 Å². The molecule has 0 unspecified atom stereocenters. The van der Waals surface area contributed by atoms with Crippen LogP contribution in [0.15, 0.2) is 89.4 Å². The summed E-state index contributed by atoms with van der Waals surface area (Å²) in [6.45, 7) is 11.1. The van der Waals surface area contributed by atoms with Crippen LogP contribution in [0.4, 0.5) is 4.79 Å². The molecule has 0 aliphatic carbocycles. The van der Waals surface area contributed by atoms with Crippen LogP contribution in [0.2, 0.25) is 0 Å². The highest BCUT2D eigenvalue weighted by molar-refractivity contribution is 9.10. The molecule has 1 amide bonds. The molecule has 0 atom stereocenters. The number of aryl methyl sites for hydroxylation is 2. The second kappa shape index (κ2) is 16.9. The Hall–Kier alpha value is -4.21. The Morgan fingerprint density at radius 3 is 1.61 bits per heavy atom. The van der Waals surface area contributed by atoms with Crippen molar-refractivity contribution in [3.05, 3.63) is 117 Å². The van der Waals surface area contributed by atoms with Crippen molar-refractivity contribution in [1.29, 1.82) is 0 Å². The Morgan fingerprint density at radius 1 is 0.714 bits per heavy atom. The van der Waals surface area contributed by atoms with Gasteiger partial charge < -0.3 is 33.7 Å². The monoisotopic (exact) mass is 733 g/mol. The van der Waals surface area contributed by atoms with E-state index >= 15 is 0 Å². The lowest BCUT2D eigenvalue weighted by atomic mass is 9.86. The van der Waals surface area contributed by atoms with Crippen LogP contribution >= 0.6 is 15.9 Å². The van der Waals surface area contributed by atoms with Gasteiger partial charge in [-0.2, -0.15) is 0 Å². The second-order valence-corrected chi connectivity index (χ2v) is 13.9. The summed E-state index contributed by atoms with van der Waals surface area (Å²) in [7, 11) is 3.21. The third-order valence-electron chi connectivity index (χ3n) is 8.03. The van der Waals surface area contributed by atoms with Gasteiger partial charge in [-0.1, -0.05) is 84.4 Å². The van der Waals surface area contributed by atoms with E-state index in [1.54, 1.807) is 26.4 Å². The molecule has 0 aromatic heterocycles. The normalized spacial score (nSPS) is 13.4. The number of carbonyl (C=O) groups is 1. The summed E-state index contributed by atoms with van der Waals surface area (Å²) in [5, 5.41) is 10.9. The van der Waals surface area contributed by atoms with Gasteiger partial charge in [-0.05, 0) is 91.8 Å². The number of nitrogens with zero attached hydrogens (tertiary/aromatic N) is 1. The van der Waals surface area contributed by atoms with E-state index < -0.39 is 17.3 Å². The van der Waals surface area contributed by atoms with Crippen molar-refractivity contribution in [2.75, 3.05) is 27.3 Å². The number of methoxy groups -OCH3 is 2. The Bertz CT molecular complexity index is 1660. The molecule has 1 N–H and O–H groups in total. The Labute approximate surface area is 299 Å². The molecule has 4 aromatic rings. The average Bonchev–Trinajstić information content (AvgIpc) is 3.08. The molecule has 262 valence electrons. The van der Waals surface area contributed by atoms with Crippen molar-refractivity contribution in [3.8, 4) is 23.0 Å². The number of amides is 1. The van der Waals surface area contributed by atoms with E-state index in [-0.39, 0.29) is 13.1 Å². The minimum absolute atomic E-state index is 0.176. The lowest BCUT2D eigenvalue weighted by molar-refractivity contribution is -0.103. The third kappa shape index (κ3) is 10.6. The van der Waals surface area contributed by atoms with Crippen molar-refractivity contribution in [1.82, 2.24) is 4.90 Å². The van der Waals surface area contributed by atoms with E-state index in [4.69, 9.17) is 23.7 Å². The number of benzene rings is 4. The minimum atomic E-state index is -1.13. The molecule has 1 heterocycles. The number of aliphatic hydroxyl groups is 1. The Balaban J connectivity index is 0.000000244. The highest BCUT2D eigenvalue weighted by atomic mass is 79.9. The van der Waals surface area contributed by atoms with Gasteiger partial charge in [0, 0.05) is 4.47 Å². The standard InChI is InChI=1S/C24H31NO5.C16H17BrO2/c1-6-17-7-9-18(10-8-17)14-29-20-12-11-19(13-21(20)28-5)24(27)15-25(16-24)22(26)30-23(2,3)4;1-3-12-4-6-13(7-5-12)11-19-15-9-8-14(17)10-16(15)18-2/h7-13,27H,6,14-16H2,1-5H3;4-10H,3,11H2,1-2H3. The van der Waals surface area contributed by atoms with E-state index in [0.717, 1.165) is 39.9 Å². The van der Waals surface area contributed by atoms with E-state index in [0.29, 0.717) is 30.3 Å². The van der Waals surface area contributed by atoms with Gasteiger partial charge in [0.2, 0.25) is 0 Å². The van der Waals surface area contributed by atoms with Gasteiger partial charge in [0.15, 0.2) is 23.0 Å². The van der Waals surface area contributed by atoms with Crippen LogP contribution in [0.1, 0.15) is 62.4 Å². The van der Waals surface area contributed by atoms with Gasteiger partial charge >= 0.3 is 6.09 Å². The summed E-state index contributed by atoms with van der Waals surface area (Å²) in [6, 6.07) is 27.9. The summed E-state index contributed by atoms with van der Waals surface area (Å²) in [6.07, 6.45) is 1.64. The molecule has 1 aliphatic heterocycles. The number of β-amino-alcohol motifs (C(OH)–C–C–N with tert-alkyl or cyclic N) is 1. The fourth-order valence-electron chi connectivity index (χ4n) is 5.12. The summed E-state index contributed by atoms with van der Waals surface area (Å²) >= 11 is 3.41. The van der Waals surface area contributed by atoms with Gasteiger partial charge in [-0.3, -0.25) is 0 Å². The maximum Gasteiger partial charge on any atom is 0.410 e. The van der Waals surface area contributed by atoms with Crippen LogP contribution in [-0.2, 0) is 36.4 Å². The molecule has 4 aromatic carbocycles. The Kier molecular flexibility index (Phi) is 13.0. The Morgan fingerprint density at radius 2 is 1.16 bits per heavy atom. The fourth-order valence-corrected chi connectivity index (χ4v) is 5.46. The van der Waals surface area contributed by atoms with Crippen molar-refractivity contribution in [2.45, 2.75) is 71.9 Å². The SMILES string of the molecule is CCc1ccc(COc2ccc(Br)cc2OC)cc1.CCc1ccc(COc2ccc(C3(O)CN(C(=O)OC(C)(C)C)C3)cc2OC)cc1. The number of rotatable bonds is 11. The summed E-state index contributed by atoms with van der Waals surface area (Å²) in [5.41, 5.74) is 3.84. The van der Waals surface area contributed by atoms with Crippen molar-refractivity contribution in [3.63, 3.8) is 0 Å². The zero-order chi connectivity index (χ0) is 35.6. The fraction of sp³-hybridized carbons (Fsp3) is 0.375. The topological polar surface area (TPSA) is 86.7 Å². The highest BCUT2D eigenvalue weighted by Crippen LogP contribution is 2.38. The number of ether oxygens (including phenoxy) is 5. The number of halogens is 1. The van der Waals surface area contributed by atoms with E-state index in [1.165, 1.54) is 16.0 Å². The molecule has 8 nitrogen and oxygen atoms in total. The zero-order valence-corrected chi connectivity index (χ0v) is 31.1. The van der Waals surface area contributed by atoms with Gasteiger partial charge in [-0.15, -0.1) is 0 Å².